The summed E-state index contributed by atoms with van der Waals surface area (Å²) in [4.78, 5) is 16.9. The van der Waals surface area contributed by atoms with Crippen LogP contribution in [0.1, 0.15) is 49.5 Å². The summed E-state index contributed by atoms with van der Waals surface area (Å²) >= 11 is 0. The van der Waals surface area contributed by atoms with Crippen LogP contribution in [0, 0.1) is 5.82 Å². The van der Waals surface area contributed by atoms with E-state index in [-0.39, 0.29) is 11.7 Å². The van der Waals surface area contributed by atoms with Gasteiger partial charge in [0.05, 0.1) is 5.69 Å². The number of carbonyl (C=O) groups is 1. The van der Waals surface area contributed by atoms with Crippen LogP contribution in [0.2, 0.25) is 0 Å². The van der Waals surface area contributed by atoms with Gasteiger partial charge < -0.3 is 10.2 Å². The van der Waals surface area contributed by atoms with Gasteiger partial charge in [-0.2, -0.15) is 0 Å². The van der Waals surface area contributed by atoms with Gasteiger partial charge in [0.15, 0.2) is 0 Å². The molecular weight excluding hydrogens is 353 g/mol. The topological polar surface area (TPSA) is 35.6 Å². The van der Waals surface area contributed by atoms with Crippen molar-refractivity contribution in [2.24, 2.45) is 0 Å². The maximum atomic E-state index is 14.4. The van der Waals surface area contributed by atoms with Crippen LogP contribution in [-0.4, -0.2) is 36.5 Å². The smallest absolute Gasteiger partial charge is 0.255 e. The van der Waals surface area contributed by atoms with Gasteiger partial charge in [-0.15, -0.1) is 0 Å². The lowest BCUT2D eigenvalue weighted by molar-refractivity contribution is 0.102. The summed E-state index contributed by atoms with van der Waals surface area (Å²) in [6.45, 7) is 10.1. The minimum Gasteiger partial charge on any atom is -0.369 e. The highest BCUT2D eigenvalue weighted by Crippen LogP contribution is 2.26. The van der Waals surface area contributed by atoms with E-state index in [4.69, 9.17) is 0 Å². The van der Waals surface area contributed by atoms with E-state index in [1.807, 2.05) is 24.3 Å². The van der Waals surface area contributed by atoms with Gasteiger partial charge in [0.2, 0.25) is 0 Å². The quantitative estimate of drug-likeness (QED) is 0.738. The van der Waals surface area contributed by atoms with E-state index in [9.17, 15) is 9.18 Å². The van der Waals surface area contributed by atoms with E-state index >= 15 is 0 Å². The van der Waals surface area contributed by atoms with Crippen LogP contribution in [0.4, 0.5) is 15.8 Å². The lowest BCUT2D eigenvalue weighted by Gasteiger charge is -2.24. The van der Waals surface area contributed by atoms with Gasteiger partial charge in [-0.05, 0) is 69.1 Å². The molecule has 0 saturated carbocycles. The van der Waals surface area contributed by atoms with Crippen LogP contribution in [0.25, 0.3) is 0 Å². The number of nitrogens with zero attached hydrogens (tertiary/aromatic N) is 2. The van der Waals surface area contributed by atoms with Crippen LogP contribution in [0.3, 0.4) is 0 Å². The summed E-state index contributed by atoms with van der Waals surface area (Å²) in [5.74, 6) is -0.514. The molecule has 1 aliphatic heterocycles. The summed E-state index contributed by atoms with van der Waals surface area (Å²) in [7, 11) is 0. The second-order valence-corrected chi connectivity index (χ2v) is 7.67. The van der Waals surface area contributed by atoms with Gasteiger partial charge in [0.1, 0.15) is 5.82 Å². The summed E-state index contributed by atoms with van der Waals surface area (Å²) < 4.78 is 14.4. The predicted molar refractivity (Wildman–Crippen MR) is 113 cm³/mol. The molecule has 5 heteroatoms. The molecule has 2 aromatic carbocycles. The number of anilines is 2. The Kier molecular flexibility index (Phi) is 6.68. The molecule has 1 amide bonds. The van der Waals surface area contributed by atoms with Gasteiger partial charge >= 0.3 is 0 Å². The van der Waals surface area contributed by atoms with Gasteiger partial charge in [-0.25, -0.2) is 4.39 Å². The monoisotopic (exact) mass is 383 g/mol. The zero-order valence-corrected chi connectivity index (χ0v) is 17.0. The molecular formula is C23H30FN3O. The second-order valence-electron chi connectivity index (χ2n) is 7.67. The molecule has 1 aliphatic rings. The van der Waals surface area contributed by atoms with Gasteiger partial charge in [0.25, 0.3) is 5.91 Å². The third-order valence-electron chi connectivity index (χ3n) is 5.39. The summed E-state index contributed by atoms with van der Waals surface area (Å²) in [5, 5.41) is 2.80. The molecule has 150 valence electrons. The van der Waals surface area contributed by atoms with E-state index in [2.05, 4.69) is 35.9 Å². The lowest BCUT2D eigenvalue weighted by Crippen LogP contribution is -2.29. The first-order valence-electron chi connectivity index (χ1n) is 10.2. The van der Waals surface area contributed by atoms with Crippen LogP contribution < -0.4 is 10.2 Å². The molecule has 0 aliphatic carbocycles. The summed E-state index contributed by atoms with van der Waals surface area (Å²) in [6.07, 6.45) is 2.20. The number of rotatable bonds is 7. The molecule has 4 nitrogen and oxygen atoms in total. The largest absolute Gasteiger partial charge is 0.369 e. The first kappa shape index (κ1) is 20.3. The van der Waals surface area contributed by atoms with E-state index in [0.717, 1.165) is 39.0 Å². The standard InChI is InChI=1S/C23H30FN3O/c1-4-26(17(2)3)16-18-7-9-19(10-8-18)23(28)25-20-11-12-22(21(24)15-20)27-13-5-6-14-27/h7-12,15,17H,4-6,13-14,16H2,1-3H3,(H,25,28). The molecule has 2 aromatic rings. The van der Waals surface area contributed by atoms with E-state index in [1.165, 1.54) is 11.6 Å². The maximum Gasteiger partial charge on any atom is 0.255 e. The van der Waals surface area contributed by atoms with E-state index < -0.39 is 0 Å². The van der Waals surface area contributed by atoms with Crippen molar-refractivity contribution in [1.29, 1.82) is 0 Å². The number of amides is 1. The molecule has 28 heavy (non-hydrogen) atoms. The highest BCUT2D eigenvalue weighted by atomic mass is 19.1. The molecule has 0 aromatic heterocycles. The van der Waals surface area contributed by atoms with Crippen molar-refractivity contribution in [3.63, 3.8) is 0 Å². The van der Waals surface area contributed by atoms with Crippen molar-refractivity contribution in [2.75, 3.05) is 29.9 Å². The summed E-state index contributed by atoms with van der Waals surface area (Å²) in [6, 6.07) is 13.0. The van der Waals surface area contributed by atoms with Gasteiger partial charge in [-0.1, -0.05) is 19.1 Å². The van der Waals surface area contributed by atoms with Crippen LogP contribution >= 0.6 is 0 Å². The number of hydrogen-bond acceptors (Lipinski definition) is 3. The van der Waals surface area contributed by atoms with E-state index in [0.29, 0.717) is 23.0 Å². The Morgan fingerprint density at radius 3 is 2.39 bits per heavy atom. The first-order chi connectivity index (χ1) is 13.5. The molecule has 0 unspecified atom stereocenters. The first-order valence-corrected chi connectivity index (χ1v) is 10.2. The third-order valence-corrected chi connectivity index (χ3v) is 5.39. The molecule has 1 fully saturated rings. The lowest BCUT2D eigenvalue weighted by atomic mass is 10.1. The second kappa shape index (κ2) is 9.20. The fourth-order valence-corrected chi connectivity index (χ4v) is 3.66. The molecule has 1 N–H and O–H groups in total. The number of benzene rings is 2. The van der Waals surface area contributed by atoms with Crippen LogP contribution in [0.5, 0.6) is 0 Å². The number of nitrogens with one attached hydrogen (secondary N) is 1. The molecule has 0 radical (unpaired) electrons. The van der Waals surface area contributed by atoms with Crippen LogP contribution in [-0.2, 0) is 6.54 Å². The highest BCUT2D eigenvalue weighted by molar-refractivity contribution is 6.04. The van der Waals surface area contributed by atoms with Crippen molar-refractivity contribution < 1.29 is 9.18 Å². The number of carbonyl (C=O) groups excluding carboxylic acids is 1. The number of hydrogen-bond donors (Lipinski definition) is 1. The minimum atomic E-state index is -0.289. The Bertz CT molecular complexity index is 798. The molecule has 1 heterocycles. The van der Waals surface area contributed by atoms with Gasteiger partial charge in [-0.3, -0.25) is 9.69 Å². The Morgan fingerprint density at radius 2 is 1.82 bits per heavy atom. The van der Waals surface area contributed by atoms with E-state index in [1.54, 1.807) is 12.1 Å². The molecule has 1 saturated heterocycles. The third kappa shape index (κ3) is 4.90. The SMILES string of the molecule is CCN(Cc1ccc(C(=O)Nc2ccc(N3CCCC3)c(F)c2)cc1)C(C)C. The van der Waals surface area contributed by atoms with Gasteiger partial charge in [0, 0.05) is 36.9 Å². The minimum absolute atomic E-state index is 0.226. The number of halogens is 1. The van der Waals surface area contributed by atoms with Crippen molar-refractivity contribution in [3.8, 4) is 0 Å². The Hall–Kier alpha value is -2.40. The molecule has 0 atom stereocenters. The van der Waals surface area contributed by atoms with Crippen molar-refractivity contribution in [1.82, 2.24) is 4.90 Å². The maximum absolute atomic E-state index is 14.4. The van der Waals surface area contributed by atoms with Crippen molar-refractivity contribution in [2.45, 2.75) is 46.2 Å². The Balaban J connectivity index is 1.63. The zero-order chi connectivity index (χ0) is 20.1. The fraction of sp³-hybridized carbons (Fsp3) is 0.435. The predicted octanol–water partition coefficient (Wildman–Crippen LogP) is 4.91. The summed E-state index contributed by atoms with van der Waals surface area (Å²) in [5.41, 5.74) is 2.84. The van der Waals surface area contributed by atoms with Crippen molar-refractivity contribution >= 4 is 17.3 Å². The van der Waals surface area contributed by atoms with Crippen molar-refractivity contribution in [3.05, 3.63) is 59.4 Å². The average molecular weight is 384 g/mol. The molecule has 0 bridgehead atoms. The Morgan fingerprint density at radius 1 is 1.14 bits per heavy atom. The average Bonchev–Trinajstić information content (AvgIpc) is 3.21. The molecule has 0 spiro atoms. The Labute approximate surface area is 167 Å². The van der Waals surface area contributed by atoms with Crippen LogP contribution in [0.15, 0.2) is 42.5 Å². The molecule has 3 rings (SSSR count). The fourth-order valence-electron chi connectivity index (χ4n) is 3.66. The highest BCUT2D eigenvalue weighted by Gasteiger charge is 2.17. The zero-order valence-electron chi connectivity index (χ0n) is 17.0. The normalized spacial score (nSPS) is 14.1.